The molecule has 0 saturated carbocycles. The van der Waals surface area contributed by atoms with Gasteiger partial charge in [0.1, 0.15) is 19.4 Å². The minimum absolute atomic E-state index is 0.160. The number of rotatable bonds is 4. The molecule has 80 valence electrons. The maximum Gasteiger partial charge on any atom is 0.150 e. The van der Waals surface area contributed by atoms with E-state index in [1.807, 2.05) is 19.1 Å². The summed E-state index contributed by atoms with van der Waals surface area (Å²) < 4.78 is 0. The van der Waals surface area contributed by atoms with E-state index in [0.29, 0.717) is 5.56 Å². The van der Waals surface area contributed by atoms with Crippen LogP contribution in [0.3, 0.4) is 0 Å². The van der Waals surface area contributed by atoms with Gasteiger partial charge in [-0.1, -0.05) is 0 Å². The van der Waals surface area contributed by atoms with Gasteiger partial charge in [-0.25, -0.2) is 0 Å². The van der Waals surface area contributed by atoms with Crippen LogP contribution in [0.1, 0.15) is 15.9 Å². The van der Waals surface area contributed by atoms with Crippen molar-refractivity contribution in [1.82, 2.24) is 0 Å². The number of aryl methyl sites for hydroxylation is 1. The molecule has 0 aliphatic carbocycles. The molecule has 16 heavy (non-hydrogen) atoms. The van der Waals surface area contributed by atoms with Crippen LogP contribution < -0.4 is 4.90 Å². The summed E-state index contributed by atoms with van der Waals surface area (Å²) in [6.45, 7) is 2.14. The van der Waals surface area contributed by atoms with E-state index >= 15 is 0 Å². The predicted octanol–water partition coefficient (Wildman–Crippen LogP) is 1.66. The van der Waals surface area contributed by atoms with Crippen molar-refractivity contribution in [2.24, 2.45) is 0 Å². The highest BCUT2D eigenvalue weighted by Gasteiger charge is 2.06. The van der Waals surface area contributed by atoms with Crippen molar-refractivity contribution in [3.8, 4) is 12.1 Å². The Hall–Kier alpha value is -2.33. The van der Waals surface area contributed by atoms with E-state index in [-0.39, 0.29) is 13.1 Å². The van der Waals surface area contributed by atoms with E-state index in [9.17, 15) is 4.79 Å². The molecular weight excluding hydrogens is 202 g/mol. The van der Waals surface area contributed by atoms with E-state index in [1.165, 1.54) is 0 Å². The van der Waals surface area contributed by atoms with Crippen molar-refractivity contribution in [3.63, 3.8) is 0 Å². The molecule has 0 radical (unpaired) electrons. The van der Waals surface area contributed by atoms with Gasteiger partial charge < -0.3 is 4.90 Å². The van der Waals surface area contributed by atoms with E-state index in [1.54, 1.807) is 23.1 Å². The lowest BCUT2D eigenvalue weighted by Gasteiger charge is -2.18. The van der Waals surface area contributed by atoms with Crippen LogP contribution in [0, 0.1) is 29.6 Å². The monoisotopic (exact) mass is 213 g/mol. The number of anilines is 1. The Morgan fingerprint density at radius 1 is 1.31 bits per heavy atom. The van der Waals surface area contributed by atoms with Gasteiger partial charge >= 0.3 is 0 Å². The fraction of sp³-hybridized carbons (Fsp3) is 0.250. The number of carbonyl (C=O) groups excluding carboxylic acids is 1. The third-order valence-corrected chi connectivity index (χ3v) is 2.27. The molecule has 0 atom stereocenters. The molecule has 1 rings (SSSR count). The maximum absolute atomic E-state index is 10.6. The number of nitriles is 2. The van der Waals surface area contributed by atoms with E-state index in [0.717, 1.165) is 17.5 Å². The number of aldehydes is 1. The molecule has 0 aromatic heterocycles. The average molecular weight is 213 g/mol. The number of benzene rings is 1. The second kappa shape index (κ2) is 5.53. The summed E-state index contributed by atoms with van der Waals surface area (Å²) in [4.78, 5) is 12.3. The summed E-state index contributed by atoms with van der Waals surface area (Å²) in [5, 5.41) is 17.3. The zero-order chi connectivity index (χ0) is 12.0. The SMILES string of the molecule is Cc1cc(N(CC#N)CC#N)ccc1C=O. The standard InChI is InChI=1S/C12H11N3O/c1-10-8-12(3-2-11(10)9-16)15(6-4-13)7-5-14/h2-3,8-9H,6-7H2,1H3. The minimum atomic E-state index is 0.160. The Labute approximate surface area is 94.3 Å². The summed E-state index contributed by atoms with van der Waals surface area (Å²) in [7, 11) is 0. The number of hydrogen-bond donors (Lipinski definition) is 0. The molecule has 0 amide bonds. The molecule has 0 spiro atoms. The average Bonchev–Trinajstić information content (AvgIpc) is 2.28. The van der Waals surface area contributed by atoms with Crippen LogP contribution in [0.15, 0.2) is 18.2 Å². The van der Waals surface area contributed by atoms with E-state index in [2.05, 4.69) is 0 Å². The highest BCUT2D eigenvalue weighted by atomic mass is 16.1. The van der Waals surface area contributed by atoms with Crippen LogP contribution in [0.25, 0.3) is 0 Å². The molecule has 0 unspecified atom stereocenters. The first-order valence-corrected chi connectivity index (χ1v) is 4.77. The highest BCUT2D eigenvalue weighted by molar-refractivity contribution is 5.78. The van der Waals surface area contributed by atoms with Crippen molar-refractivity contribution in [3.05, 3.63) is 29.3 Å². The molecule has 0 bridgehead atoms. The van der Waals surface area contributed by atoms with Crippen molar-refractivity contribution in [2.75, 3.05) is 18.0 Å². The lowest BCUT2D eigenvalue weighted by atomic mass is 10.1. The van der Waals surface area contributed by atoms with Gasteiger partial charge in [-0.2, -0.15) is 10.5 Å². The molecule has 0 heterocycles. The first kappa shape index (κ1) is 11.7. The predicted molar refractivity (Wildman–Crippen MR) is 60.0 cm³/mol. The van der Waals surface area contributed by atoms with Gasteiger partial charge in [0.25, 0.3) is 0 Å². The van der Waals surface area contributed by atoms with Gasteiger partial charge in [0, 0.05) is 11.3 Å². The molecule has 0 aliphatic rings. The molecule has 0 N–H and O–H groups in total. The second-order valence-corrected chi connectivity index (χ2v) is 3.33. The van der Waals surface area contributed by atoms with Gasteiger partial charge in [-0.05, 0) is 30.7 Å². The largest absolute Gasteiger partial charge is 0.345 e. The van der Waals surface area contributed by atoms with Gasteiger partial charge in [-0.3, -0.25) is 4.79 Å². The molecule has 0 fully saturated rings. The second-order valence-electron chi connectivity index (χ2n) is 3.33. The Balaban J connectivity index is 3.03. The lowest BCUT2D eigenvalue weighted by molar-refractivity contribution is 0.112. The Morgan fingerprint density at radius 3 is 2.38 bits per heavy atom. The number of hydrogen-bond acceptors (Lipinski definition) is 4. The van der Waals surface area contributed by atoms with Crippen molar-refractivity contribution in [2.45, 2.75) is 6.92 Å². The van der Waals surface area contributed by atoms with Crippen molar-refractivity contribution >= 4 is 12.0 Å². The van der Waals surface area contributed by atoms with Crippen LogP contribution in [-0.2, 0) is 0 Å². The van der Waals surface area contributed by atoms with Crippen LogP contribution in [0.4, 0.5) is 5.69 Å². The third kappa shape index (κ3) is 2.59. The first-order chi connectivity index (χ1) is 7.72. The van der Waals surface area contributed by atoms with E-state index in [4.69, 9.17) is 10.5 Å². The first-order valence-electron chi connectivity index (χ1n) is 4.77. The lowest BCUT2D eigenvalue weighted by Crippen LogP contribution is -2.23. The summed E-state index contributed by atoms with van der Waals surface area (Å²) in [6, 6.07) is 9.25. The zero-order valence-electron chi connectivity index (χ0n) is 8.97. The summed E-state index contributed by atoms with van der Waals surface area (Å²) >= 11 is 0. The zero-order valence-corrected chi connectivity index (χ0v) is 8.97. The number of nitrogens with zero attached hydrogens (tertiary/aromatic N) is 3. The van der Waals surface area contributed by atoms with Gasteiger partial charge in [-0.15, -0.1) is 0 Å². The van der Waals surface area contributed by atoms with Crippen LogP contribution >= 0.6 is 0 Å². The quantitative estimate of drug-likeness (QED) is 0.563. The maximum atomic E-state index is 10.6. The third-order valence-electron chi connectivity index (χ3n) is 2.27. The fourth-order valence-corrected chi connectivity index (χ4v) is 1.40. The summed E-state index contributed by atoms with van der Waals surface area (Å²) in [6.07, 6.45) is 0.790. The molecule has 1 aromatic carbocycles. The fourth-order valence-electron chi connectivity index (χ4n) is 1.40. The highest BCUT2D eigenvalue weighted by Crippen LogP contribution is 2.17. The van der Waals surface area contributed by atoms with Crippen LogP contribution in [0.5, 0.6) is 0 Å². The Kier molecular flexibility index (Phi) is 4.06. The molecule has 4 nitrogen and oxygen atoms in total. The summed E-state index contributed by atoms with van der Waals surface area (Å²) in [5.41, 5.74) is 2.25. The van der Waals surface area contributed by atoms with Crippen LogP contribution in [-0.4, -0.2) is 19.4 Å². The summed E-state index contributed by atoms with van der Waals surface area (Å²) in [5.74, 6) is 0. The smallest absolute Gasteiger partial charge is 0.150 e. The molecule has 0 saturated heterocycles. The molecule has 0 aliphatic heterocycles. The topological polar surface area (TPSA) is 67.9 Å². The Morgan fingerprint density at radius 2 is 1.94 bits per heavy atom. The van der Waals surface area contributed by atoms with Gasteiger partial charge in [0.05, 0.1) is 12.1 Å². The molecule has 4 heteroatoms. The van der Waals surface area contributed by atoms with Crippen molar-refractivity contribution in [1.29, 1.82) is 10.5 Å². The van der Waals surface area contributed by atoms with E-state index < -0.39 is 0 Å². The van der Waals surface area contributed by atoms with Crippen molar-refractivity contribution < 1.29 is 4.79 Å². The minimum Gasteiger partial charge on any atom is -0.345 e. The Bertz CT molecular complexity index is 452. The van der Waals surface area contributed by atoms with Crippen LogP contribution in [0.2, 0.25) is 0 Å². The number of carbonyl (C=O) groups is 1. The molecular formula is C12H11N3O. The van der Waals surface area contributed by atoms with Gasteiger partial charge in [0.15, 0.2) is 0 Å². The molecule has 1 aromatic rings. The van der Waals surface area contributed by atoms with Gasteiger partial charge in [0.2, 0.25) is 0 Å². The normalized spacial score (nSPS) is 8.94.